The van der Waals surface area contributed by atoms with Crippen LogP contribution < -0.4 is 15.4 Å². The number of halogens is 1. The third-order valence-corrected chi connectivity index (χ3v) is 1.65. The lowest BCUT2D eigenvalue weighted by molar-refractivity contribution is -0.122. The zero-order chi connectivity index (χ0) is 12.0. The molecule has 0 aliphatic carbocycles. The van der Waals surface area contributed by atoms with Crippen LogP contribution in [0.5, 0.6) is 5.75 Å². The van der Waals surface area contributed by atoms with Crippen molar-refractivity contribution in [3.63, 3.8) is 0 Å². The molecule has 1 aromatic rings. The molecule has 6 heteroatoms. The van der Waals surface area contributed by atoms with Gasteiger partial charge in [-0.1, -0.05) is 6.07 Å². The van der Waals surface area contributed by atoms with Crippen LogP contribution in [-0.2, 0) is 4.79 Å². The minimum Gasteiger partial charge on any atom is -0.484 e. The van der Waals surface area contributed by atoms with Crippen LogP contribution in [0.4, 0.5) is 9.18 Å². The highest BCUT2D eigenvalue weighted by Gasteiger charge is 2.06. The highest BCUT2D eigenvalue weighted by Crippen LogP contribution is 2.11. The van der Waals surface area contributed by atoms with Crippen LogP contribution in [0, 0.1) is 5.82 Å². The Labute approximate surface area is 91.6 Å². The molecular formula is C10H11FN2O3. The second-order valence-electron chi connectivity index (χ2n) is 2.87. The molecule has 0 bridgehead atoms. The molecule has 0 unspecified atom stereocenters. The first-order chi connectivity index (χ1) is 7.61. The molecule has 16 heavy (non-hydrogen) atoms. The number of ether oxygens (including phenoxy) is 1. The summed E-state index contributed by atoms with van der Waals surface area (Å²) in [5.74, 6) is -0.833. The average molecular weight is 226 g/mol. The lowest BCUT2D eigenvalue weighted by atomic mass is 10.3. The molecule has 0 heterocycles. The topological polar surface area (TPSA) is 67.4 Å². The zero-order valence-electron chi connectivity index (χ0n) is 8.62. The Morgan fingerprint density at radius 3 is 2.81 bits per heavy atom. The third-order valence-electron chi connectivity index (χ3n) is 1.65. The van der Waals surface area contributed by atoms with E-state index in [1.54, 1.807) is 0 Å². The highest BCUT2D eigenvalue weighted by atomic mass is 19.1. The van der Waals surface area contributed by atoms with Crippen LogP contribution >= 0.6 is 0 Å². The molecule has 0 aromatic heterocycles. The van der Waals surface area contributed by atoms with Crippen molar-refractivity contribution in [1.82, 2.24) is 10.6 Å². The maximum Gasteiger partial charge on any atom is 0.321 e. The van der Waals surface area contributed by atoms with E-state index >= 15 is 0 Å². The van der Waals surface area contributed by atoms with E-state index in [0.29, 0.717) is 0 Å². The van der Waals surface area contributed by atoms with Crippen molar-refractivity contribution >= 4 is 11.9 Å². The van der Waals surface area contributed by atoms with Crippen LogP contribution in [0.2, 0.25) is 0 Å². The van der Waals surface area contributed by atoms with E-state index in [-0.39, 0.29) is 12.4 Å². The van der Waals surface area contributed by atoms with Gasteiger partial charge in [0.15, 0.2) is 6.61 Å². The van der Waals surface area contributed by atoms with Gasteiger partial charge >= 0.3 is 6.03 Å². The summed E-state index contributed by atoms with van der Waals surface area (Å²) in [7, 11) is 1.38. The van der Waals surface area contributed by atoms with Crippen molar-refractivity contribution in [2.75, 3.05) is 13.7 Å². The molecular weight excluding hydrogens is 215 g/mol. The summed E-state index contributed by atoms with van der Waals surface area (Å²) in [6, 6.07) is 4.76. The van der Waals surface area contributed by atoms with Crippen LogP contribution in [0.1, 0.15) is 0 Å². The molecule has 0 saturated carbocycles. The van der Waals surface area contributed by atoms with E-state index in [0.717, 1.165) is 6.07 Å². The minimum atomic E-state index is -0.618. The molecule has 5 nitrogen and oxygen atoms in total. The first kappa shape index (κ1) is 12.0. The summed E-state index contributed by atoms with van der Waals surface area (Å²) in [5.41, 5.74) is 0. The molecule has 0 spiro atoms. The summed E-state index contributed by atoms with van der Waals surface area (Å²) in [6.07, 6.45) is 0. The van der Waals surface area contributed by atoms with Gasteiger partial charge in [-0.3, -0.25) is 10.1 Å². The highest BCUT2D eigenvalue weighted by molar-refractivity contribution is 5.94. The van der Waals surface area contributed by atoms with Crippen molar-refractivity contribution < 1.29 is 18.7 Å². The fourth-order valence-corrected chi connectivity index (χ4v) is 0.931. The van der Waals surface area contributed by atoms with Crippen LogP contribution in [0.15, 0.2) is 24.3 Å². The van der Waals surface area contributed by atoms with E-state index in [9.17, 15) is 14.0 Å². The lowest BCUT2D eigenvalue weighted by Gasteiger charge is -2.06. The van der Waals surface area contributed by atoms with Crippen molar-refractivity contribution in [2.45, 2.75) is 0 Å². The van der Waals surface area contributed by atoms with Crippen molar-refractivity contribution in [3.8, 4) is 5.75 Å². The molecule has 0 fully saturated rings. The smallest absolute Gasteiger partial charge is 0.321 e. The molecule has 2 N–H and O–H groups in total. The number of urea groups is 1. The van der Waals surface area contributed by atoms with Crippen molar-refractivity contribution in [1.29, 1.82) is 0 Å². The number of carbonyl (C=O) groups is 2. The Hall–Kier alpha value is -2.11. The van der Waals surface area contributed by atoms with Gasteiger partial charge in [-0.15, -0.1) is 0 Å². The zero-order valence-corrected chi connectivity index (χ0v) is 8.62. The first-order valence-corrected chi connectivity index (χ1v) is 4.51. The lowest BCUT2D eigenvalue weighted by Crippen LogP contribution is -2.39. The van der Waals surface area contributed by atoms with Crippen molar-refractivity contribution in [3.05, 3.63) is 30.1 Å². The monoisotopic (exact) mass is 226 g/mol. The SMILES string of the molecule is CNC(=O)NC(=O)COc1cccc(F)c1. The predicted molar refractivity (Wildman–Crippen MR) is 54.5 cm³/mol. The maximum atomic E-state index is 12.7. The Balaban J connectivity index is 2.40. The van der Waals surface area contributed by atoms with Crippen LogP contribution in [-0.4, -0.2) is 25.6 Å². The number of imide groups is 1. The second kappa shape index (κ2) is 5.69. The summed E-state index contributed by atoms with van der Waals surface area (Å²) >= 11 is 0. The molecule has 86 valence electrons. The average Bonchev–Trinajstić information content (AvgIpc) is 2.26. The Bertz CT molecular complexity index is 395. The summed E-state index contributed by atoms with van der Waals surface area (Å²) in [6.45, 7) is -0.350. The van der Waals surface area contributed by atoms with Gasteiger partial charge in [-0.25, -0.2) is 9.18 Å². The number of hydrogen-bond acceptors (Lipinski definition) is 3. The number of nitrogens with one attached hydrogen (secondary N) is 2. The Kier molecular flexibility index (Phi) is 4.26. The summed E-state index contributed by atoms with van der Waals surface area (Å²) in [4.78, 5) is 21.8. The molecule has 1 rings (SSSR count). The first-order valence-electron chi connectivity index (χ1n) is 4.51. The Morgan fingerprint density at radius 1 is 1.44 bits per heavy atom. The number of hydrogen-bond donors (Lipinski definition) is 2. The van der Waals surface area contributed by atoms with Crippen LogP contribution in [0.3, 0.4) is 0 Å². The number of benzene rings is 1. The van der Waals surface area contributed by atoms with Gasteiger partial charge in [0.05, 0.1) is 0 Å². The summed E-state index contributed by atoms with van der Waals surface area (Å²) in [5, 5.41) is 4.22. The quantitative estimate of drug-likeness (QED) is 0.795. The third kappa shape index (κ3) is 3.95. The summed E-state index contributed by atoms with van der Waals surface area (Å²) < 4.78 is 17.7. The molecule has 3 amide bonds. The minimum absolute atomic E-state index is 0.229. The van der Waals surface area contributed by atoms with E-state index in [1.807, 2.05) is 5.32 Å². The standard InChI is InChI=1S/C10H11FN2O3/c1-12-10(15)13-9(14)6-16-8-4-2-3-7(11)5-8/h2-5H,6H2,1H3,(H2,12,13,14,15). The van der Waals surface area contributed by atoms with Gasteiger partial charge < -0.3 is 10.1 Å². The second-order valence-corrected chi connectivity index (χ2v) is 2.87. The van der Waals surface area contributed by atoms with Gasteiger partial charge in [0.1, 0.15) is 11.6 Å². The molecule has 0 atom stereocenters. The van der Waals surface area contributed by atoms with E-state index in [1.165, 1.54) is 25.2 Å². The van der Waals surface area contributed by atoms with Crippen LogP contribution in [0.25, 0.3) is 0 Å². The fraction of sp³-hybridized carbons (Fsp3) is 0.200. The molecule has 0 aliphatic rings. The van der Waals surface area contributed by atoms with E-state index in [4.69, 9.17) is 4.74 Å². The van der Waals surface area contributed by atoms with Crippen molar-refractivity contribution in [2.24, 2.45) is 0 Å². The van der Waals surface area contributed by atoms with Gasteiger partial charge in [0, 0.05) is 13.1 Å². The maximum absolute atomic E-state index is 12.7. The molecule has 0 saturated heterocycles. The van der Waals surface area contributed by atoms with Gasteiger partial charge in [-0.2, -0.15) is 0 Å². The van der Waals surface area contributed by atoms with E-state index in [2.05, 4.69) is 5.32 Å². The molecule has 0 aliphatic heterocycles. The van der Waals surface area contributed by atoms with Gasteiger partial charge in [-0.05, 0) is 12.1 Å². The predicted octanol–water partition coefficient (Wildman–Crippen LogP) is 0.660. The number of amides is 3. The largest absolute Gasteiger partial charge is 0.484 e. The number of carbonyl (C=O) groups excluding carboxylic acids is 2. The fourth-order valence-electron chi connectivity index (χ4n) is 0.931. The Morgan fingerprint density at radius 2 is 2.19 bits per heavy atom. The molecule has 0 radical (unpaired) electrons. The van der Waals surface area contributed by atoms with Gasteiger partial charge in [0.2, 0.25) is 0 Å². The normalized spacial score (nSPS) is 9.38. The number of rotatable bonds is 3. The van der Waals surface area contributed by atoms with E-state index < -0.39 is 17.8 Å². The van der Waals surface area contributed by atoms with Gasteiger partial charge in [0.25, 0.3) is 5.91 Å². The molecule has 1 aromatic carbocycles.